The van der Waals surface area contributed by atoms with Crippen molar-refractivity contribution in [3.8, 4) is 5.75 Å². The molecule has 1 fully saturated rings. The van der Waals surface area contributed by atoms with E-state index >= 15 is 0 Å². The Labute approximate surface area is 147 Å². The maximum Gasteiger partial charge on any atom is 0.330 e. The predicted octanol–water partition coefficient (Wildman–Crippen LogP) is 2.77. The van der Waals surface area contributed by atoms with Gasteiger partial charge in [0.25, 0.3) is 11.1 Å². The van der Waals surface area contributed by atoms with Crippen molar-refractivity contribution in [1.29, 1.82) is 0 Å². The van der Waals surface area contributed by atoms with Gasteiger partial charge in [0.1, 0.15) is 11.1 Å². The van der Waals surface area contributed by atoms with Gasteiger partial charge in [-0.15, -0.1) is 0 Å². The van der Waals surface area contributed by atoms with Gasteiger partial charge in [-0.25, -0.2) is 9.79 Å². The summed E-state index contributed by atoms with van der Waals surface area (Å²) in [7, 11) is 2.67. The highest BCUT2D eigenvalue weighted by molar-refractivity contribution is 8.82. The Morgan fingerprint density at radius 3 is 2.71 bits per heavy atom. The molecule has 2 aliphatic heterocycles. The largest absolute Gasteiger partial charge is 0.479 e. The number of hydrogen-bond acceptors (Lipinski definition) is 6. The number of carbonyl (C=O) groups is 2. The molecule has 0 bridgehead atoms. The Morgan fingerprint density at radius 2 is 2.12 bits per heavy atom. The number of aliphatic imine (C=N–C) groups is 1. The summed E-state index contributed by atoms with van der Waals surface area (Å²) >= 11 is 0. The van der Waals surface area contributed by atoms with Crippen LogP contribution in [0.15, 0.2) is 47.5 Å². The van der Waals surface area contributed by atoms with Crippen LogP contribution in [0.4, 0.5) is 0 Å². The molecule has 1 aromatic rings. The first-order valence-corrected chi connectivity index (χ1v) is 9.43. The number of amides is 1. The van der Waals surface area contributed by atoms with Crippen molar-refractivity contribution >= 4 is 38.7 Å². The average molecular weight is 364 g/mol. The first-order chi connectivity index (χ1) is 11.3. The second-order valence-electron chi connectivity index (χ2n) is 5.77. The second kappa shape index (κ2) is 6.18. The van der Waals surface area contributed by atoms with Crippen molar-refractivity contribution in [3.63, 3.8) is 0 Å². The van der Waals surface area contributed by atoms with Gasteiger partial charge in [-0.05, 0) is 31.6 Å². The van der Waals surface area contributed by atoms with Gasteiger partial charge in [0.05, 0.1) is 0 Å². The van der Waals surface area contributed by atoms with Crippen LogP contribution in [0.1, 0.15) is 13.8 Å². The summed E-state index contributed by atoms with van der Waals surface area (Å²) in [6.45, 7) is 7.00. The number of rotatable bonds is 4. The van der Waals surface area contributed by atoms with E-state index in [9.17, 15) is 14.7 Å². The lowest BCUT2D eigenvalue weighted by Gasteiger charge is -2.54. The monoisotopic (exact) mass is 364 g/mol. The first-order valence-electron chi connectivity index (χ1n) is 7.21. The van der Waals surface area contributed by atoms with Crippen LogP contribution < -0.4 is 4.74 Å². The molecule has 1 saturated heterocycles. The van der Waals surface area contributed by atoms with Crippen molar-refractivity contribution < 1.29 is 19.4 Å². The summed E-state index contributed by atoms with van der Waals surface area (Å²) < 4.78 is 5.70. The molecule has 1 N–H and O–H groups in total. The minimum Gasteiger partial charge on any atom is -0.479 e. The average Bonchev–Trinajstić information content (AvgIpc) is 2.53. The van der Waals surface area contributed by atoms with Crippen LogP contribution in [-0.2, 0) is 9.59 Å². The highest BCUT2D eigenvalue weighted by atomic mass is 33.1. The number of likely N-dealkylation sites (tertiary alicyclic amines) is 1. The number of carboxylic acid groups (broad SMARTS) is 1. The zero-order valence-corrected chi connectivity index (χ0v) is 14.8. The smallest absolute Gasteiger partial charge is 0.330 e. The van der Waals surface area contributed by atoms with Gasteiger partial charge in [0, 0.05) is 10.8 Å². The molecule has 8 heteroatoms. The fraction of sp³-hybridized carbons (Fsp3) is 0.312. The van der Waals surface area contributed by atoms with Crippen LogP contribution in [0.25, 0.3) is 0 Å². The number of aliphatic carboxylic acids is 1. The van der Waals surface area contributed by atoms with E-state index in [4.69, 9.17) is 4.74 Å². The lowest BCUT2D eigenvalue weighted by atomic mass is 9.87. The van der Waals surface area contributed by atoms with Crippen LogP contribution >= 0.6 is 21.6 Å². The summed E-state index contributed by atoms with van der Waals surface area (Å²) in [5, 5.41) is 9.41. The van der Waals surface area contributed by atoms with Crippen LogP contribution in [0, 0.1) is 0 Å². The Bertz CT molecular complexity index is 723. The van der Waals surface area contributed by atoms with Crippen molar-refractivity contribution in [3.05, 3.63) is 42.5 Å². The van der Waals surface area contributed by atoms with Gasteiger partial charge in [-0.3, -0.25) is 4.79 Å². The van der Waals surface area contributed by atoms with E-state index in [1.807, 2.05) is 18.2 Å². The molecule has 1 amide bonds. The molecule has 3 unspecified atom stereocenters. The van der Waals surface area contributed by atoms with E-state index < -0.39 is 17.6 Å². The molecule has 1 aromatic carbocycles. The number of hydrogen-bond donors (Lipinski definition) is 1. The maximum atomic E-state index is 12.6. The molecule has 6 nitrogen and oxygen atoms in total. The number of carbonyl (C=O) groups excluding carboxylic acids is 1. The van der Waals surface area contributed by atoms with Crippen LogP contribution in [0.2, 0.25) is 0 Å². The number of ether oxygens (including phenoxy) is 1. The number of β-lactam (4-membered cyclic amide) rings is 1. The van der Waals surface area contributed by atoms with E-state index in [-0.39, 0.29) is 11.3 Å². The molecule has 0 aromatic heterocycles. The van der Waals surface area contributed by atoms with Gasteiger partial charge in [0.15, 0.2) is 11.6 Å². The fourth-order valence-electron chi connectivity index (χ4n) is 2.67. The SMILES string of the molecule is C=C(C)C(C(=O)O)N1C(=O)C2(C)N=C(Oc3ccccc3)SSC12. The lowest BCUT2D eigenvalue weighted by Crippen LogP contribution is -2.74. The zero-order valence-electron chi connectivity index (χ0n) is 13.1. The first kappa shape index (κ1) is 16.9. The molecular formula is C16H16N2O4S2. The van der Waals surface area contributed by atoms with Gasteiger partial charge in [0.2, 0.25) is 0 Å². The number of benzene rings is 1. The molecule has 126 valence electrons. The number of para-hydroxylation sites is 1. The van der Waals surface area contributed by atoms with Gasteiger partial charge in [-0.2, -0.15) is 0 Å². The normalized spacial score (nSPS) is 26.8. The topological polar surface area (TPSA) is 79.2 Å². The van der Waals surface area contributed by atoms with E-state index in [0.717, 1.165) is 0 Å². The van der Waals surface area contributed by atoms with E-state index in [0.29, 0.717) is 16.6 Å². The number of nitrogens with zero attached hydrogens (tertiary/aromatic N) is 2. The quantitative estimate of drug-likeness (QED) is 0.503. The van der Waals surface area contributed by atoms with Crippen LogP contribution in [-0.4, -0.2) is 44.1 Å². The molecular weight excluding hydrogens is 348 g/mol. The van der Waals surface area contributed by atoms with Crippen molar-refractivity contribution in [2.75, 3.05) is 0 Å². The highest BCUT2D eigenvalue weighted by Gasteiger charge is 2.63. The minimum absolute atomic E-state index is 0.329. The molecule has 2 aliphatic rings. The third-order valence-electron chi connectivity index (χ3n) is 3.86. The third kappa shape index (κ3) is 2.69. The molecule has 0 aliphatic carbocycles. The summed E-state index contributed by atoms with van der Waals surface area (Å²) in [5.74, 6) is -0.774. The van der Waals surface area contributed by atoms with Gasteiger partial charge in [-0.1, -0.05) is 35.6 Å². The standard InChI is InChI=1S/C16H16N2O4S2/c1-9(2)11(12(19)20)18-13(21)16(3)14(18)23-24-15(17-16)22-10-7-5-4-6-8-10/h4-8,11,14H,1H2,2-3H3,(H,19,20). The molecule has 0 saturated carbocycles. The van der Waals surface area contributed by atoms with E-state index in [1.165, 1.54) is 26.5 Å². The molecule has 24 heavy (non-hydrogen) atoms. The predicted molar refractivity (Wildman–Crippen MR) is 95.0 cm³/mol. The van der Waals surface area contributed by atoms with Crippen molar-refractivity contribution in [2.24, 2.45) is 4.99 Å². The Kier molecular flexibility index (Phi) is 4.35. The van der Waals surface area contributed by atoms with Gasteiger partial charge >= 0.3 is 5.97 Å². The lowest BCUT2D eigenvalue weighted by molar-refractivity contribution is -0.163. The molecule has 3 rings (SSSR count). The number of fused-ring (bicyclic) bond motifs is 1. The molecule has 2 heterocycles. The Balaban J connectivity index is 1.82. The van der Waals surface area contributed by atoms with E-state index in [1.54, 1.807) is 26.0 Å². The Morgan fingerprint density at radius 1 is 1.46 bits per heavy atom. The van der Waals surface area contributed by atoms with E-state index in [2.05, 4.69) is 11.6 Å². The Hall–Kier alpha value is -1.93. The zero-order chi connectivity index (χ0) is 17.5. The third-order valence-corrected chi connectivity index (χ3v) is 6.41. The second-order valence-corrected chi connectivity index (χ2v) is 8.00. The van der Waals surface area contributed by atoms with Gasteiger partial charge < -0.3 is 14.7 Å². The van der Waals surface area contributed by atoms with Crippen molar-refractivity contribution in [2.45, 2.75) is 30.8 Å². The fourth-order valence-corrected chi connectivity index (χ4v) is 5.42. The molecule has 0 spiro atoms. The number of carboxylic acids is 1. The summed E-state index contributed by atoms with van der Waals surface area (Å²) in [6, 6.07) is 8.15. The highest BCUT2D eigenvalue weighted by Crippen LogP contribution is 2.51. The molecule has 3 atom stereocenters. The van der Waals surface area contributed by atoms with Crippen LogP contribution in [0.5, 0.6) is 5.75 Å². The summed E-state index contributed by atoms with van der Waals surface area (Å²) in [5.41, 5.74) is -0.595. The summed E-state index contributed by atoms with van der Waals surface area (Å²) in [4.78, 5) is 29.8. The summed E-state index contributed by atoms with van der Waals surface area (Å²) in [6.07, 6.45) is 0. The van der Waals surface area contributed by atoms with Crippen molar-refractivity contribution in [1.82, 2.24) is 4.90 Å². The molecule has 0 radical (unpaired) electrons. The van der Waals surface area contributed by atoms with Crippen LogP contribution in [0.3, 0.4) is 0 Å². The maximum absolute atomic E-state index is 12.6. The minimum atomic E-state index is -1.08.